The Morgan fingerprint density at radius 3 is 2.14 bits per heavy atom. The minimum absolute atomic E-state index is 0.162. The summed E-state index contributed by atoms with van der Waals surface area (Å²) in [6, 6.07) is -0.397. The van der Waals surface area contributed by atoms with Crippen molar-refractivity contribution in [1.82, 2.24) is 19.8 Å². The van der Waals surface area contributed by atoms with Crippen LogP contribution in [0.1, 0.15) is 61.0 Å². The molecule has 0 saturated carbocycles. The van der Waals surface area contributed by atoms with E-state index < -0.39 is 35.4 Å². The molecule has 0 aromatic carbocycles. The van der Waals surface area contributed by atoms with Crippen LogP contribution >= 0.6 is 0 Å². The molecule has 1 aromatic rings. The van der Waals surface area contributed by atoms with Gasteiger partial charge in [-0.15, -0.1) is 0 Å². The fourth-order valence-electron chi connectivity index (χ4n) is 3.73. The molecule has 1 unspecified atom stereocenters. The molecule has 42 heavy (non-hydrogen) atoms. The normalized spacial score (nSPS) is 16.5. The maximum atomic E-state index is 12.8. The van der Waals surface area contributed by atoms with Gasteiger partial charge in [-0.25, -0.2) is 39.2 Å². The van der Waals surface area contributed by atoms with Crippen molar-refractivity contribution in [2.24, 2.45) is 9.98 Å². The number of nitrogens with zero attached hydrogens (tertiary/aromatic N) is 7. The van der Waals surface area contributed by atoms with E-state index in [0.717, 1.165) is 4.90 Å². The topological polar surface area (TPSA) is 159 Å². The number of rotatable bonds is 7. The van der Waals surface area contributed by atoms with Crippen LogP contribution in [0.15, 0.2) is 34.2 Å². The molecule has 1 saturated heterocycles. The fraction of sp³-hybridized carbons (Fsp3) is 0.607. The molecule has 0 radical (unpaired) electrons. The second-order valence-electron chi connectivity index (χ2n) is 11.5. The number of aliphatic hydroxyl groups is 1. The summed E-state index contributed by atoms with van der Waals surface area (Å²) in [6.07, 6.45) is 2.69. The molecule has 1 fully saturated rings. The second kappa shape index (κ2) is 14.7. The minimum Gasteiger partial charge on any atom is -0.463 e. The van der Waals surface area contributed by atoms with Crippen LogP contribution in [-0.4, -0.2) is 106 Å². The first kappa shape index (κ1) is 34.1. The number of ether oxygens (including phenoxy) is 3. The van der Waals surface area contributed by atoms with E-state index in [9.17, 15) is 19.5 Å². The third kappa shape index (κ3) is 10.4. The van der Waals surface area contributed by atoms with Crippen molar-refractivity contribution < 1.29 is 33.7 Å². The Morgan fingerprint density at radius 1 is 1.10 bits per heavy atom. The number of aliphatic hydroxyl groups excluding tert-OH is 1. The summed E-state index contributed by atoms with van der Waals surface area (Å²) in [4.78, 5) is 59.2. The van der Waals surface area contributed by atoms with Crippen LogP contribution < -0.4 is 4.90 Å². The highest BCUT2D eigenvalue weighted by Gasteiger charge is 2.33. The summed E-state index contributed by atoms with van der Waals surface area (Å²) in [5.41, 5.74) is -0.841. The molecule has 1 N–H and O–H groups in total. The maximum absolute atomic E-state index is 12.8. The third-order valence-corrected chi connectivity index (χ3v) is 5.61. The van der Waals surface area contributed by atoms with Crippen molar-refractivity contribution in [2.45, 2.75) is 79.2 Å². The van der Waals surface area contributed by atoms with Crippen LogP contribution in [-0.2, 0) is 25.5 Å². The largest absolute Gasteiger partial charge is 0.463 e. The van der Waals surface area contributed by atoms with E-state index in [-0.39, 0.29) is 19.8 Å². The summed E-state index contributed by atoms with van der Waals surface area (Å²) in [5.74, 6) is 0.197. The lowest BCUT2D eigenvalue weighted by Gasteiger charge is -2.40. The summed E-state index contributed by atoms with van der Waals surface area (Å²) < 4.78 is 15.8. The average molecular weight is 590 g/mol. The molecule has 1 aromatic heterocycles. The Bertz CT molecular complexity index is 1140. The van der Waals surface area contributed by atoms with Gasteiger partial charge in [0.05, 0.1) is 31.4 Å². The number of piperazine rings is 1. The molecule has 14 heteroatoms. The molecule has 0 aliphatic carbocycles. The van der Waals surface area contributed by atoms with Gasteiger partial charge in [0.25, 0.3) is 0 Å². The highest BCUT2D eigenvalue weighted by Crippen LogP contribution is 2.20. The summed E-state index contributed by atoms with van der Waals surface area (Å²) in [6.45, 7) is 18.3. The van der Waals surface area contributed by atoms with Crippen molar-refractivity contribution in [1.29, 1.82) is 0 Å². The average Bonchev–Trinajstić information content (AvgIpc) is 2.90. The van der Waals surface area contributed by atoms with Gasteiger partial charge >= 0.3 is 18.2 Å². The van der Waals surface area contributed by atoms with E-state index >= 15 is 0 Å². The van der Waals surface area contributed by atoms with Crippen LogP contribution in [0, 0.1) is 0 Å². The molecule has 0 spiro atoms. The first-order chi connectivity index (χ1) is 19.6. The molecule has 2 amide bonds. The number of carbonyl (C=O) groups is 3. The lowest BCUT2D eigenvalue weighted by molar-refractivity contribution is -0.138. The van der Waals surface area contributed by atoms with Gasteiger partial charge in [-0.2, -0.15) is 0 Å². The van der Waals surface area contributed by atoms with Crippen LogP contribution in [0.25, 0.3) is 0 Å². The van der Waals surface area contributed by atoms with Gasteiger partial charge < -0.3 is 29.1 Å². The number of imide groups is 1. The van der Waals surface area contributed by atoms with Gasteiger partial charge in [0.15, 0.2) is 0 Å². The minimum atomic E-state index is -0.849. The van der Waals surface area contributed by atoms with E-state index in [4.69, 9.17) is 14.2 Å². The molecule has 14 nitrogen and oxygen atoms in total. The Labute approximate surface area is 247 Å². The number of hydrogen-bond donors (Lipinski definition) is 1. The smallest absolute Gasteiger partial charge is 0.420 e. The Morgan fingerprint density at radius 2 is 1.67 bits per heavy atom. The van der Waals surface area contributed by atoms with E-state index in [0.29, 0.717) is 42.7 Å². The van der Waals surface area contributed by atoms with Crippen LogP contribution in [0.2, 0.25) is 0 Å². The molecule has 232 valence electrons. The number of guanidine groups is 1. The lowest BCUT2D eigenvalue weighted by atomic mass is 10.2. The number of hydrogen-bond acceptors (Lipinski definition) is 11. The molecule has 2 rings (SSSR count). The molecule has 2 heterocycles. The first-order valence-corrected chi connectivity index (χ1v) is 13.6. The summed E-state index contributed by atoms with van der Waals surface area (Å²) >= 11 is 0. The highest BCUT2D eigenvalue weighted by molar-refractivity contribution is 5.89. The molecule has 1 aliphatic heterocycles. The fourth-order valence-corrected chi connectivity index (χ4v) is 3.73. The molecular weight excluding hydrogens is 546 g/mol. The zero-order valence-electron chi connectivity index (χ0n) is 25.8. The predicted octanol–water partition coefficient (Wildman–Crippen LogP) is 3.16. The first-order valence-electron chi connectivity index (χ1n) is 13.6. The van der Waals surface area contributed by atoms with Crippen molar-refractivity contribution in [3.8, 4) is 0 Å². The summed E-state index contributed by atoms with van der Waals surface area (Å²) in [7, 11) is 0. The van der Waals surface area contributed by atoms with E-state index in [1.165, 1.54) is 18.6 Å². The number of amides is 2. The van der Waals surface area contributed by atoms with E-state index in [1.54, 1.807) is 55.4 Å². The molecular formula is C28H43N7O7. The van der Waals surface area contributed by atoms with Crippen LogP contribution in [0.5, 0.6) is 0 Å². The SMILES string of the molecule is C=NC(=N/C=C(\C)C(=O)OCC)N1CCN(c2ncc(CN(C(=O)OC(C)(C)C)C(=O)OC(C)(C)C)cn2)C(CO)C1. The molecule has 0 bridgehead atoms. The highest BCUT2D eigenvalue weighted by atomic mass is 16.6. The second-order valence-corrected chi connectivity index (χ2v) is 11.5. The van der Waals surface area contributed by atoms with Crippen molar-refractivity contribution in [2.75, 3.05) is 37.7 Å². The van der Waals surface area contributed by atoms with Gasteiger partial charge in [-0.1, -0.05) is 0 Å². The number of anilines is 1. The van der Waals surface area contributed by atoms with Gasteiger partial charge in [0.2, 0.25) is 11.9 Å². The monoisotopic (exact) mass is 589 g/mol. The van der Waals surface area contributed by atoms with E-state index in [2.05, 4.69) is 26.7 Å². The third-order valence-electron chi connectivity index (χ3n) is 5.61. The molecule has 1 aliphatic rings. The quantitative estimate of drug-likeness (QED) is 0.164. The zero-order chi connectivity index (χ0) is 31.7. The summed E-state index contributed by atoms with van der Waals surface area (Å²) in [5, 5.41) is 10.1. The maximum Gasteiger partial charge on any atom is 0.420 e. The Kier molecular flexibility index (Phi) is 12.0. The van der Waals surface area contributed by atoms with Crippen LogP contribution in [0.4, 0.5) is 15.5 Å². The van der Waals surface area contributed by atoms with Crippen LogP contribution in [0.3, 0.4) is 0 Å². The lowest BCUT2D eigenvalue weighted by Crippen LogP contribution is -2.56. The van der Waals surface area contributed by atoms with Gasteiger partial charge in [-0.3, -0.25) is 0 Å². The van der Waals surface area contributed by atoms with Crippen molar-refractivity contribution in [3.05, 3.63) is 29.7 Å². The number of aromatic nitrogens is 2. The molecule has 1 atom stereocenters. The van der Waals surface area contributed by atoms with Gasteiger partial charge in [0, 0.05) is 43.8 Å². The Balaban J connectivity index is 2.18. The predicted molar refractivity (Wildman–Crippen MR) is 157 cm³/mol. The number of aliphatic imine (C=N–C) groups is 2. The Hall–Kier alpha value is -4.07. The number of carbonyl (C=O) groups excluding carboxylic acids is 3. The van der Waals surface area contributed by atoms with Crippen molar-refractivity contribution >= 4 is 36.8 Å². The van der Waals surface area contributed by atoms with E-state index in [1.807, 2.05) is 9.80 Å². The number of esters is 1. The zero-order valence-corrected chi connectivity index (χ0v) is 25.8. The standard InChI is InChI=1S/C28H43N7O7/c1-10-40-22(37)19(2)13-30-23(29-9)33-11-12-34(21(17-33)18-36)24-31-14-20(15-32-24)16-35(25(38)41-27(3,4)5)26(39)42-28(6,7)8/h13-15,21,36H,9-12,16-18H2,1-8H3/b19-13+,30-23?. The van der Waals surface area contributed by atoms with Gasteiger partial charge in [0.1, 0.15) is 11.2 Å². The van der Waals surface area contributed by atoms with Crippen molar-refractivity contribution in [3.63, 3.8) is 0 Å². The van der Waals surface area contributed by atoms with Gasteiger partial charge in [-0.05, 0) is 62.1 Å².